The summed E-state index contributed by atoms with van der Waals surface area (Å²) in [7, 11) is 4.23. The Bertz CT molecular complexity index is 339. The van der Waals surface area contributed by atoms with E-state index in [1.807, 2.05) is 0 Å². The number of nitrogens with zero attached hydrogens (tertiary/aromatic N) is 1. The van der Waals surface area contributed by atoms with Crippen molar-refractivity contribution in [3.8, 4) is 0 Å². The van der Waals surface area contributed by atoms with Gasteiger partial charge in [-0.3, -0.25) is 5.32 Å². The van der Waals surface area contributed by atoms with Gasteiger partial charge >= 0.3 is 0 Å². The van der Waals surface area contributed by atoms with E-state index in [0.29, 0.717) is 6.73 Å². The van der Waals surface area contributed by atoms with Crippen LogP contribution in [0.4, 0.5) is 0 Å². The van der Waals surface area contributed by atoms with Crippen molar-refractivity contribution in [2.24, 2.45) is 0 Å². The Morgan fingerprint density at radius 2 is 1.32 bits per heavy atom. The molecule has 0 aliphatic heterocycles. The number of unbranched alkanes of at least 4 members (excludes halogenated alkanes) is 10. The van der Waals surface area contributed by atoms with E-state index < -0.39 is 0 Å². The van der Waals surface area contributed by atoms with Gasteiger partial charge in [0, 0.05) is 6.61 Å². The molecule has 0 atom stereocenters. The van der Waals surface area contributed by atoms with E-state index >= 15 is 0 Å². The highest BCUT2D eigenvalue weighted by atomic mass is 16.5. The zero-order chi connectivity index (χ0) is 20.5. The first kappa shape index (κ1) is 27.4. The highest BCUT2D eigenvalue weighted by Crippen LogP contribution is 2.09. The summed E-state index contributed by atoms with van der Waals surface area (Å²) in [5, 5.41) is 3.34. The molecule has 0 saturated carbocycles. The van der Waals surface area contributed by atoms with Crippen LogP contribution in [0.2, 0.25) is 0 Å². The summed E-state index contributed by atoms with van der Waals surface area (Å²) in [4.78, 5) is 2.22. The largest absolute Gasteiger partial charge is 0.366 e. The number of hydrogen-bond acceptors (Lipinski definition) is 3. The molecule has 0 aromatic carbocycles. The monoisotopic (exact) mass is 394 g/mol. The van der Waals surface area contributed by atoms with E-state index in [1.54, 1.807) is 0 Å². The molecule has 1 N–H and O–H groups in total. The van der Waals surface area contributed by atoms with E-state index in [-0.39, 0.29) is 0 Å². The molecule has 0 aromatic heterocycles. The first-order chi connectivity index (χ1) is 13.8. The van der Waals surface area contributed by atoms with Gasteiger partial charge in [0.25, 0.3) is 0 Å². The Balaban J connectivity index is 3.11. The van der Waals surface area contributed by atoms with E-state index in [4.69, 9.17) is 4.74 Å². The van der Waals surface area contributed by atoms with Crippen molar-refractivity contribution < 1.29 is 4.74 Å². The van der Waals surface area contributed by atoms with Crippen LogP contribution in [-0.4, -0.2) is 45.4 Å². The average molecular weight is 395 g/mol. The smallest absolute Gasteiger partial charge is 0.0965 e. The standard InChI is InChI=1S/C25H50N2O/c1-4-5-6-7-8-9-10-11-12-13-14-15-16-17-18-19-20-24-28-25-26-22-21-23-27(2)3/h8-9,11-12,26H,4-7,10,13-25H2,1-3H3/b9-8-,12-11-. The molecule has 3 heteroatoms. The van der Waals surface area contributed by atoms with Crippen molar-refractivity contribution in [3.05, 3.63) is 24.3 Å². The Hall–Kier alpha value is -0.640. The second-order valence-electron chi connectivity index (χ2n) is 8.15. The van der Waals surface area contributed by atoms with E-state index in [1.165, 1.54) is 83.5 Å². The van der Waals surface area contributed by atoms with Gasteiger partial charge in [0.1, 0.15) is 0 Å². The van der Waals surface area contributed by atoms with Gasteiger partial charge in [-0.2, -0.15) is 0 Å². The highest BCUT2D eigenvalue weighted by Gasteiger charge is 1.93. The Labute approximate surface area is 177 Å². The fourth-order valence-electron chi connectivity index (χ4n) is 3.11. The Morgan fingerprint density at radius 3 is 1.96 bits per heavy atom. The minimum absolute atomic E-state index is 0.704. The molecular weight excluding hydrogens is 344 g/mol. The number of allylic oxidation sites excluding steroid dienone is 4. The van der Waals surface area contributed by atoms with Crippen LogP contribution in [0.1, 0.15) is 96.8 Å². The van der Waals surface area contributed by atoms with Gasteiger partial charge < -0.3 is 9.64 Å². The third-order valence-corrected chi connectivity index (χ3v) is 4.90. The lowest BCUT2D eigenvalue weighted by atomic mass is 10.1. The average Bonchev–Trinajstić information content (AvgIpc) is 2.68. The molecule has 0 aliphatic rings. The maximum atomic E-state index is 5.63. The molecule has 0 saturated heterocycles. The van der Waals surface area contributed by atoms with Gasteiger partial charge in [-0.15, -0.1) is 0 Å². The van der Waals surface area contributed by atoms with Crippen LogP contribution in [0.25, 0.3) is 0 Å². The van der Waals surface area contributed by atoms with Crippen molar-refractivity contribution >= 4 is 0 Å². The van der Waals surface area contributed by atoms with Gasteiger partial charge in [-0.05, 0) is 72.1 Å². The topological polar surface area (TPSA) is 24.5 Å². The molecule has 0 rings (SSSR count). The fraction of sp³-hybridized carbons (Fsp3) is 0.840. The highest BCUT2D eigenvalue weighted by molar-refractivity contribution is 4.92. The summed E-state index contributed by atoms with van der Waals surface area (Å²) in [6.45, 7) is 6.05. The van der Waals surface area contributed by atoms with Crippen LogP contribution in [0.15, 0.2) is 24.3 Å². The molecular formula is C25H50N2O. The van der Waals surface area contributed by atoms with Crippen LogP contribution in [0.3, 0.4) is 0 Å². The zero-order valence-corrected chi connectivity index (χ0v) is 19.4. The summed E-state index contributed by atoms with van der Waals surface area (Å²) < 4.78 is 5.63. The fourth-order valence-corrected chi connectivity index (χ4v) is 3.11. The third-order valence-electron chi connectivity index (χ3n) is 4.90. The quantitative estimate of drug-likeness (QED) is 0.125. The number of nitrogens with one attached hydrogen (secondary N) is 1. The molecule has 0 fully saturated rings. The van der Waals surface area contributed by atoms with E-state index in [0.717, 1.165) is 26.1 Å². The Morgan fingerprint density at radius 1 is 0.714 bits per heavy atom. The summed E-state index contributed by atoms with van der Waals surface area (Å²) in [5.41, 5.74) is 0. The first-order valence-electron chi connectivity index (χ1n) is 12.0. The molecule has 0 aromatic rings. The molecule has 3 nitrogen and oxygen atoms in total. The number of hydrogen-bond donors (Lipinski definition) is 1. The van der Waals surface area contributed by atoms with E-state index in [9.17, 15) is 0 Å². The van der Waals surface area contributed by atoms with Gasteiger partial charge in [0.15, 0.2) is 0 Å². The SMILES string of the molecule is CCCCC/C=C\C/C=C\CCCCCCCCCOCNCCCN(C)C. The second-order valence-corrected chi connectivity index (χ2v) is 8.15. The molecule has 0 unspecified atom stereocenters. The van der Waals surface area contributed by atoms with Crippen molar-refractivity contribution in [2.75, 3.05) is 40.5 Å². The Kier molecular flexibility index (Phi) is 23.8. The zero-order valence-electron chi connectivity index (χ0n) is 19.4. The molecule has 166 valence electrons. The first-order valence-corrected chi connectivity index (χ1v) is 12.0. The lowest BCUT2D eigenvalue weighted by Crippen LogP contribution is -2.23. The molecule has 0 radical (unpaired) electrons. The summed E-state index contributed by atoms with van der Waals surface area (Å²) in [6, 6.07) is 0. The van der Waals surface area contributed by atoms with Crippen molar-refractivity contribution in [2.45, 2.75) is 96.8 Å². The lowest BCUT2D eigenvalue weighted by molar-refractivity contribution is 0.112. The van der Waals surface area contributed by atoms with E-state index in [2.05, 4.69) is 55.5 Å². The number of ether oxygens (including phenoxy) is 1. The molecule has 0 heterocycles. The summed E-state index contributed by atoms with van der Waals surface area (Å²) in [6.07, 6.45) is 27.5. The van der Waals surface area contributed by atoms with Crippen LogP contribution >= 0.6 is 0 Å². The molecule has 0 aliphatic carbocycles. The van der Waals surface area contributed by atoms with Crippen LogP contribution in [0.5, 0.6) is 0 Å². The van der Waals surface area contributed by atoms with Crippen molar-refractivity contribution in [1.29, 1.82) is 0 Å². The van der Waals surface area contributed by atoms with Crippen LogP contribution in [0, 0.1) is 0 Å². The van der Waals surface area contributed by atoms with Crippen LogP contribution < -0.4 is 5.32 Å². The van der Waals surface area contributed by atoms with Crippen molar-refractivity contribution in [1.82, 2.24) is 10.2 Å². The van der Waals surface area contributed by atoms with Gasteiger partial charge in [-0.1, -0.05) is 76.2 Å². The molecule has 0 bridgehead atoms. The summed E-state index contributed by atoms with van der Waals surface area (Å²) in [5.74, 6) is 0. The minimum Gasteiger partial charge on any atom is -0.366 e. The predicted octanol–water partition coefficient (Wildman–Crippen LogP) is 6.71. The molecule has 0 amide bonds. The van der Waals surface area contributed by atoms with Crippen molar-refractivity contribution in [3.63, 3.8) is 0 Å². The second kappa shape index (κ2) is 24.4. The predicted molar refractivity (Wildman–Crippen MR) is 126 cm³/mol. The third kappa shape index (κ3) is 25.4. The maximum absolute atomic E-state index is 5.63. The van der Waals surface area contributed by atoms with Gasteiger partial charge in [-0.25, -0.2) is 0 Å². The summed E-state index contributed by atoms with van der Waals surface area (Å²) >= 11 is 0. The molecule has 0 spiro atoms. The number of rotatable bonds is 22. The lowest BCUT2D eigenvalue weighted by Gasteiger charge is -2.10. The normalized spacial score (nSPS) is 12.1. The van der Waals surface area contributed by atoms with Gasteiger partial charge in [0.05, 0.1) is 6.73 Å². The van der Waals surface area contributed by atoms with Crippen LogP contribution in [-0.2, 0) is 4.74 Å². The van der Waals surface area contributed by atoms with Gasteiger partial charge in [0.2, 0.25) is 0 Å². The molecule has 28 heavy (non-hydrogen) atoms. The maximum Gasteiger partial charge on any atom is 0.0965 e. The minimum atomic E-state index is 0.704.